The van der Waals surface area contributed by atoms with E-state index in [0.717, 1.165) is 11.0 Å². The topological polar surface area (TPSA) is 3.24 Å². The Labute approximate surface area is 54.8 Å². The van der Waals surface area contributed by atoms with E-state index in [9.17, 15) is 4.48 Å². The van der Waals surface area contributed by atoms with E-state index >= 15 is 0 Å². The lowest BCUT2D eigenvalue weighted by atomic mass is 9.59. The summed E-state index contributed by atoms with van der Waals surface area (Å²) in [6.07, 6.45) is 2.51. The van der Waals surface area contributed by atoms with Crippen LogP contribution < -0.4 is 0 Å². The van der Waals surface area contributed by atoms with E-state index < -0.39 is 0 Å². The van der Waals surface area contributed by atoms with Gasteiger partial charge in [-0.1, -0.05) is 6.92 Å². The van der Waals surface area contributed by atoms with E-state index in [1.54, 1.807) is 0 Å². The summed E-state index contributed by atoms with van der Waals surface area (Å²) in [4.78, 5) is 0. The van der Waals surface area contributed by atoms with Gasteiger partial charge in [0.15, 0.2) is 0 Å². The molecule has 0 N–H and O–H groups in total. The third-order valence-corrected chi connectivity index (χ3v) is 2.58. The number of hydrogen-bond acceptors (Lipinski definition) is 1. The third-order valence-electron chi connectivity index (χ3n) is 2.58. The Kier molecular flexibility index (Phi) is 0.933. The molecule has 52 valence electrons. The summed E-state index contributed by atoms with van der Waals surface area (Å²) in [5, 5.41) is 0.922. The van der Waals surface area contributed by atoms with Crippen LogP contribution in [-0.4, -0.2) is 18.2 Å². The molecule has 1 heterocycles. The van der Waals surface area contributed by atoms with E-state index in [0.29, 0.717) is 18.5 Å². The van der Waals surface area contributed by atoms with Crippen molar-refractivity contribution in [1.82, 2.24) is 5.12 Å². The molecule has 2 fully saturated rings. The average molecular weight is 129 g/mol. The van der Waals surface area contributed by atoms with Gasteiger partial charge in [-0.25, -0.2) is 0 Å². The van der Waals surface area contributed by atoms with Gasteiger partial charge in [-0.2, -0.15) is 0 Å². The first-order valence-corrected chi connectivity index (χ1v) is 3.61. The molecule has 0 aromatic heterocycles. The summed E-state index contributed by atoms with van der Waals surface area (Å²) in [6.45, 7) is 3.65. The summed E-state index contributed by atoms with van der Waals surface area (Å²) >= 11 is 0. The molecule has 1 nitrogen and oxygen atoms in total. The molecule has 0 aromatic rings. The van der Waals surface area contributed by atoms with Gasteiger partial charge in [-0.15, -0.1) is 9.60 Å². The second-order valence-electron chi connectivity index (χ2n) is 3.79. The van der Waals surface area contributed by atoms with Gasteiger partial charge in [0, 0.05) is 18.5 Å². The van der Waals surface area contributed by atoms with Gasteiger partial charge in [-0.05, 0) is 18.8 Å². The zero-order valence-electron chi connectivity index (χ0n) is 5.73. The molecule has 0 amide bonds. The Bertz CT molecular complexity index is 103. The Morgan fingerprint density at radius 2 is 2.00 bits per heavy atom. The molecule has 9 heavy (non-hydrogen) atoms. The summed E-state index contributed by atoms with van der Waals surface area (Å²) in [7, 11) is 0. The van der Waals surface area contributed by atoms with Gasteiger partial charge < -0.3 is 0 Å². The van der Waals surface area contributed by atoms with Crippen molar-refractivity contribution in [3.63, 3.8) is 0 Å². The SMILES string of the molecule is CC1CC2(C1)CN(F)C2. The number of rotatable bonds is 0. The van der Waals surface area contributed by atoms with Crippen molar-refractivity contribution in [2.24, 2.45) is 11.3 Å². The molecule has 0 atom stereocenters. The quantitative estimate of drug-likeness (QED) is 0.449. The van der Waals surface area contributed by atoms with Crippen molar-refractivity contribution < 1.29 is 4.48 Å². The van der Waals surface area contributed by atoms with Crippen LogP contribution in [0.15, 0.2) is 0 Å². The Morgan fingerprint density at radius 1 is 1.44 bits per heavy atom. The Morgan fingerprint density at radius 3 is 2.33 bits per heavy atom. The fraction of sp³-hybridized carbons (Fsp3) is 1.00. The second kappa shape index (κ2) is 1.48. The Balaban J connectivity index is 1.87. The maximum Gasteiger partial charge on any atom is 0.0360 e. The summed E-state index contributed by atoms with van der Waals surface area (Å²) in [5.41, 5.74) is 0.439. The van der Waals surface area contributed by atoms with Crippen LogP contribution in [0.4, 0.5) is 4.48 Å². The molecule has 1 saturated carbocycles. The summed E-state index contributed by atoms with van der Waals surface area (Å²) < 4.78 is 12.2. The highest BCUT2D eigenvalue weighted by molar-refractivity contribution is 5.00. The molecule has 1 aliphatic carbocycles. The zero-order valence-corrected chi connectivity index (χ0v) is 5.73. The fourth-order valence-corrected chi connectivity index (χ4v) is 2.36. The largest absolute Gasteiger partial charge is 0.145 e. The minimum absolute atomic E-state index is 0.439. The summed E-state index contributed by atoms with van der Waals surface area (Å²) in [6, 6.07) is 0. The predicted molar refractivity (Wildman–Crippen MR) is 33.5 cm³/mol. The molecule has 2 aliphatic rings. The monoisotopic (exact) mass is 129 g/mol. The molecule has 1 aliphatic heterocycles. The van der Waals surface area contributed by atoms with Gasteiger partial charge in [0.2, 0.25) is 0 Å². The van der Waals surface area contributed by atoms with Crippen LogP contribution in [-0.2, 0) is 0 Å². The van der Waals surface area contributed by atoms with Crippen molar-refractivity contribution in [3.8, 4) is 0 Å². The van der Waals surface area contributed by atoms with Crippen LogP contribution in [0.3, 0.4) is 0 Å². The first-order valence-electron chi connectivity index (χ1n) is 3.61. The molecule has 0 bridgehead atoms. The van der Waals surface area contributed by atoms with Gasteiger partial charge in [0.25, 0.3) is 0 Å². The van der Waals surface area contributed by atoms with Crippen molar-refractivity contribution in [2.75, 3.05) is 13.1 Å². The van der Waals surface area contributed by atoms with Crippen LogP contribution in [0.2, 0.25) is 0 Å². The lowest BCUT2D eigenvalue weighted by Crippen LogP contribution is -2.58. The van der Waals surface area contributed by atoms with E-state index in [1.165, 1.54) is 12.8 Å². The van der Waals surface area contributed by atoms with Crippen LogP contribution in [0.1, 0.15) is 19.8 Å². The molecule has 2 heteroatoms. The molecule has 1 spiro atoms. The van der Waals surface area contributed by atoms with Crippen molar-refractivity contribution in [2.45, 2.75) is 19.8 Å². The molecular weight excluding hydrogens is 117 g/mol. The molecule has 2 rings (SSSR count). The van der Waals surface area contributed by atoms with Crippen molar-refractivity contribution in [1.29, 1.82) is 0 Å². The first kappa shape index (κ1) is 5.66. The van der Waals surface area contributed by atoms with Crippen molar-refractivity contribution in [3.05, 3.63) is 0 Å². The van der Waals surface area contributed by atoms with Gasteiger partial charge in [0.05, 0.1) is 0 Å². The lowest BCUT2D eigenvalue weighted by molar-refractivity contribution is -0.181. The summed E-state index contributed by atoms with van der Waals surface area (Å²) in [5.74, 6) is 0.860. The number of nitrogens with zero attached hydrogens (tertiary/aromatic N) is 1. The minimum Gasteiger partial charge on any atom is -0.145 e. The van der Waals surface area contributed by atoms with E-state index in [1.807, 2.05) is 0 Å². The Hall–Kier alpha value is -0.110. The van der Waals surface area contributed by atoms with Crippen LogP contribution in [0.5, 0.6) is 0 Å². The highest BCUT2D eigenvalue weighted by Crippen LogP contribution is 2.51. The standard InChI is InChI=1S/C7H12FN/c1-6-2-7(3-6)4-9(8)5-7/h6H,2-5H2,1H3. The molecule has 1 saturated heterocycles. The lowest BCUT2D eigenvalue weighted by Gasteiger charge is -2.55. The third kappa shape index (κ3) is 0.692. The van der Waals surface area contributed by atoms with Crippen LogP contribution >= 0.6 is 0 Å². The second-order valence-corrected chi connectivity index (χ2v) is 3.79. The van der Waals surface area contributed by atoms with Gasteiger partial charge in [0.1, 0.15) is 0 Å². The maximum absolute atomic E-state index is 12.2. The van der Waals surface area contributed by atoms with E-state index in [-0.39, 0.29) is 0 Å². The molecule has 0 radical (unpaired) electrons. The molecule has 0 aromatic carbocycles. The average Bonchev–Trinajstić information content (AvgIpc) is 1.58. The maximum atomic E-state index is 12.2. The van der Waals surface area contributed by atoms with Crippen LogP contribution in [0, 0.1) is 11.3 Å². The van der Waals surface area contributed by atoms with Gasteiger partial charge >= 0.3 is 0 Å². The number of hydrogen-bond donors (Lipinski definition) is 0. The predicted octanol–water partition coefficient (Wildman–Crippen LogP) is 1.60. The van der Waals surface area contributed by atoms with E-state index in [2.05, 4.69) is 6.92 Å². The van der Waals surface area contributed by atoms with Crippen molar-refractivity contribution >= 4 is 0 Å². The zero-order chi connectivity index (χ0) is 6.48. The fourth-order valence-electron chi connectivity index (χ4n) is 2.36. The molecule has 0 unspecified atom stereocenters. The number of halogens is 1. The van der Waals surface area contributed by atoms with Crippen LogP contribution in [0.25, 0.3) is 0 Å². The van der Waals surface area contributed by atoms with Gasteiger partial charge in [-0.3, -0.25) is 0 Å². The first-order chi connectivity index (χ1) is 4.20. The molecular formula is C7H12FN. The highest BCUT2D eigenvalue weighted by Gasteiger charge is 2.51. The minimum atomic E-state index is 0.439. The van der Waals surface area contributed by atoms with E-state index in [4.69, 9.17) is 0 Å². The highest BCUT2D eigenvalue weighted by atomic mass is 19.2. The smallest absolute Gasteiger partial charge is 0.0360 e. The normalized spacial score (nSPS) is 34.0.